The molecule has 21 heavy (non-hydrogen) atoms. The Morgan fingerprint density at radius 3 is 2.76 bits per heavy atom. The molecule has 0 radical (unpaired) electrons. The van der Waals surface area contributed by atoms with Gasteiger partial charge in [-0.05, 0) is 37.6 Å². The van der Waals surface area contributed by atoms with Crippen molar-refractivity contribution in [3.05, 3.63) is 35.4 Å². The van der Waals surface area contributed by atoms with Crippen LogP contribution in [0.4, 0.5) is 5.69 Å². The molecule has 0 heterocycles. The van der Waals surface area contributed by atoms with Gasteiger partial charge in [-0.3, -0.25) is 0 Å². The summed E-state index contributed by atoms with van der Waals surface area (Å²) in [6, 6.07) is 7.74. The lowest BCUT2D eigenvalue weighted by molar-refractivity contribution is -0.131. The summed E-state index contributed by atoms with van der Waals surface area (Å²) in [4.78, 5) is 12.6. The van der Waals surface area contributed by atoms with Crippen LogP contribution in [0.1, 0.15) is 25.0 Å². The summed E-state index contributed by atoms with van der Waals surface area (Å²) in [5, 5.41) is 18.0. The van der Waals surface area contributed by atoms with Gasteiger partial charge in [0.25, 0.3) is 0 Å². The molecule has 5 nitrogen and oxygen atoms in total. The number of carboxylic acids is 1. The minimum absolute atomic E-state index is 0.229. The van der Waals surface area contributed by atoms with Crippen LogP contribution in [0.5, 0.6) is 0 Å². The van der Waals surface area contributed by atoms with Crippen molar-refractivity contribution in [2.45, 2.75) is 19.9 Å². The number of carboxylic acid groups (broad SMARTS) is 1. The van der Waals surface area contributed by atoms with Gasteiger partial charge >= 0.3 is 5.97 Å². The second-order valence-electron chi connectivity index (χ2n) is 4.84. The number of rotatable bonds is 7. The molecule has 0 atom stereocenters. The molecule has 0 aromatic heterocycles. The number of carbonyl (C=O) groups is 1. The number of aliphatic carboxylic acids is 1. The van der Waals surface area contributed by atoms with E-state index in [1.807, 2.05) is 6.07 Å². The minimum atomic E-state index is -1.01. The second-order valence-corrected chi connectivity index (χ2v) is 4.84. The fourth-order valence-electron chi connectivity index (χ4n) is 2.01. The maximum absolute atomic E-state index is 10.5. The SMILES string of the molecule is COCCN(c1ccc(/C=C/C(=O)O)cc1C#N)C(C)C. The largest absolute Gasteiger partial charge is 0.478 e. The maximum Gasteiger partial charge on any atom is 0.328 e. The molecule has 112 valence electrons. The van der Waals surface area contributed by atoms with Crippen LogP contribution in [0, 0.1) is 11.3 Å². The summed E-state index contributed by atoms with van der Waals surface area (Å²) in [6.07, 6.45) is 2.53. The molecule has 1 aromatic carbocycles. The highest BCUT2D eigenvalue weighted by molar-refractivity contribution is 5.85. The molecule has 0 spiro atoms. The Balaban J connectivity index is 3.12. The molecule has 0 fully saturated rings. The Labute approximate surface area is 125 Å². The monoisotopic (exact) mass is 288 g/mol. The zero-order chi connectivity index (χ0) is 15.8. The zero-order valence-electron chi connectivity index (χ0n) is 12.5. The van der Waals surface area contributed by atoms with Crippen molar-refractivity contribution in [2.75, 3.05) is 25.2 Å². The van der Waals surface area contributed by atoms with E-state index in [1.165, 1.54) is 6.08 Å². The lowest BCUT2D eigenvalue weighted by atomic mass is 10.1. The molecule has 0 aliphatic rings. The number of hydrogen-bond acceptors (Lipinski definition) is 4. The Morgan fingerprint density at radius 1 is 1.52 bits per heavy atom. The van der Waals surface area contributed by atoms with Crippen LogP contribution in [0.3, 0.4) is 0 Å². The van der Waals surface area contributed by atoms with E-state index in [2.05, 4.69) is 24.8 Å². The van der Waals surface area contributed by atoms with Gasteiger partial charge in [0.15, 0.2) is 0 Å². The predicted octanol–water partition coefficient (Wildman–Crippen LogP) is 2.52. The Morgan fingerprint density at radius 2 is 2.24 bits per heavy atom. The van der Waals surface area contributed by atoms with Gasteiger partial charge in [-0.25, -0.2) is 4.79 Å². The summed E-state index contributed by atoms with van der Waals surface area (Å²) in [5.74, 6) is -1.01. The first kappa shape index (κ1) is 16.7. The quantitative estimate of drug-likeness (QED) is 0.780. The van der Waals surface area contributed by atoms with Gasteiger partial charge in [0.1, 0.15) is 6.07 Å². The van der Waals surface area contributed by atoms with Crippen molar-refractivity contribution in [3.63, 3.8) is 0 Å². The summed E-state index contributed by atoms with van der Waals surface area (Å²) >= 11 is 0. The summed E-state index contributed by atoms with van der Waals surface area (Å²) in [5.41, 5.74) is 2.04. The third-order valence-corrected chi connectivity index (χ3v) is 3.03. The molecule has 5 heteroatoms. The van der Waals surface area contributed by atoms with E-state index in [0.29, 0.717) is 24.3 Å². The van der Waals surface area contributed by atoms with Crippen molar-refractivity contribution in [2.24, 2.45) is 0 Å². The van der Waals surface area contributed by atoms with Gasteiger partial charge in [-0.1, -0.05) is 6.07 Å². The van der Waals surface area contributed by atoms with Gasteiger partial charge < -0.3 is 14.7 Å². The van der Waals surface area contributed by atoms with Crippen LogP contribution in [-0.4, -0.2) is 37.4 Å². The van der Waals surface area contributed by atoms with Crippen molar-refractivity contribution < 1.29 is 14.6 Å². The molecular formula is C16H20N2O3. The summed E-state index contributed by atoms with van der Waals surface area (Å²) in [7, 11) is 1.64. The van der Waals surface area contributed by atoms with Crippen LogP contribution < -0.4 is 4.90 Å². The molecule has 0 bridgehead atoms. The van der Waals surface area contributed by atoms with Crippen molar-refractivity contribution in [1.29, 1.82) is 5.26 Å². The molecule has 0 aliphatic carbocycles. The van der Waals surface area contributed by atoms with Gasteiger partial charge in [-0.15, -0.1) is 0 Å². The number of hydrogen-bond donors (Lipinski definition) is 1. The first-order valence-electron chi connectivity index (χ1n) is 6.70. The van der Waals surface area contributed by atoms with E-state index < -0.39 is 5.97 Å². The second kappa shape index (κ2) is 8.08. The van der Waals surface area contributed by atoms with Gasteiger partial charge in [-0.2, -0.15) is 5.26 Å². The third kappa shape index (κ3) is 4.93. The lowest BCUT2D eigenvalue weighted by Gasteiger charge is -2.29. The first-order chi connectivity index (χ1) is 9.99. The molecular weight excluding hydrogens is 268 g/mol. The van der Waals surface area contributed by atoms with E-state index in [1.54, 1.807) is 19.2 Å². The third-order valence-electron chi connectivity index (χ3n) is 3.03. The molecule has 0 amide bonds. The molecule has 1 aromatic rings. The Hall–Kier alpha value is -2.32. The maximum atomic E-state index is 10.5. The van der Waals surface area contributed by atoms with Gasteiger partial charge in [0, 0.05) is 25.8 Å². The fraction of sp³-hybridized carbons (Fsp3) is 0.375. The molecule has 0 aliphatic heterocycles. The zero-order valence-corrected chi connectivity index (χ0v) is 12.5. The van der Waals surface area contributed by atoms with Crippen molar-refractivity contribution in [1.82, 2.24) is 0 Å². The fourth-order valence-corrected chi connectivity index (χ4v) is 2.01. The number of ether oxygens (including phenoxy) is 1. The van der Waals surface area contributed by atoms with E-state index in [0.717, 1.165) is 11.8 Å². The molecule has 0 saturated carbocycles. The molecule has 0 saturated heterocycles. The first-order valence-corrected chi connectivity index (χ1v) is 6.70. The van der Waals surface area contributed by atoms with E-state index in [-0.39, 0.29) is 6.04 Å². The standard InChI is InChI=1S/C16H20N2O3/c1-12(2)18(8-9-21-3)15-6-4-13(5-7-16(19)20)10-14(15)11-17/h4-7,10,12H,8-9H2,1-3H3,(H,19,20)/b7-5+. The van der Waals surface area contributed by atoms with E-state index in [9.17, 15) is 10.1 Å². The number of methoxy groups -OCH3 is 1. The van der Waals surface area contributed by atoms with Crippen LogP contribution in [0.2, 0.25) is 0 Å². The molecule has 1 N–H and O–H groups in total. The van der Waals surface area contributed by atoms with Gasteiger partial charge in [0.2, 0.25) is 0 Å². The minimum Gasteiger partial charge on any atom is -0.478 e. The van der Waals surface area contributed by atoms with Crippen molar-refractivity contribution >= 4 is 17.7 Å². The Kier molecular flexibility index (Phi) is 6.44. The predicted molar refractivity (Wildman–Crippen MR) is 82.2 cm³/mol. The average molecular weight is 288 g/mol. The number of nitriles is 1. The van der Waals surface area contributed by atoms with Crippen LogP contribution >= 0.6 is 0 Å². The highest BCUT2D eigenvalue weighted by Gasteiger charge is 2.14. The topological polar surface area (TPSA) is 73.6 Å². The normalized spacial score (nSPS) is 10.8. The van der Waals surface area contributed by atoms with Crippen LogP contribution in [0.25, 0.3) is 6.08 Å². The highest BCUT2D eigenvalue weighted by atomic mass is 16.5. The number of anilines is 1. The van der Waals surface area contributed by atoms with Crippen molar-refractivity contribution in [3.8, 4) is 6.07 Å². The number of nitrogens with zero attached hydrogens (tertiary/aromatic N) is 2. The van der Waals surface area contributed by atoms with E-state index >= 15 is 0 Å². The van der Waals surface area contributed by atoms with E-state index in [4.69, 9.17) is 9.84 Å². The Bertz CT molecular complexity index is 559. The average Bonchev–Trinajstić information content (AvgIpc) is 2.45. The number of benzene rings is 1. The highest BCUT2D eigenvalue weighted by Crippen LogP contribution is 2.24. The lowest BCUT2D eigenvalue weighted by Crippen LogP contribution is -2.34. The van der Waals surface area contributed by atoms with Crippen LogP contribution in [0.15, 0.2) is 24.3 Å². The summed E-state index contributed by atoms with van der Waals surface area (Å²) in [6.45, 7) is 5.36. The molecule has 1 rings (SSSR count). The smallest absolute Gasteiger partial charge is 0.328 e. The van der Waals surface area contributed by atoms with Crippen LogP contribution in [-0.2, 0) is 9.53 Å². The molecule has 0 unspecified atom stereocenters. The summed E-state index contributed by atoms with van der Waals surface area (Å²) < 4.78 is 5.11. The van der Waals surface area contributed by atoms with Gasteiger partial charge in [0.05, 0.1) is 17.9 Å².